The number of thiazole rings is 1. The van der Waals surface area contributed by atoms with Gasteiger partial charge in [-0.15, -0.1) is 11.3 Å². The first-order valence-corrected chi connectivity index (χ1v) is 12.7. The number of carbonyl (C=O) groups excluding carboxylic acids is 1. The maximum atomic E-state index is 12.4. The molecule has 5 nitrogen and oxygen atoms in total. The summed E-state index contributed by atoms with van der Waals surface area (Å²) in [6.45, 7) is 7.07. The lowest BCUT2D eigenvalue weighted by atomic mass is 9.93. The van der Waals surface area contributed by atoms with E-state index in [1.54, 1.807) is 11.3 Å². The first-order valence-electron chi connectivity index (χ1n) is 10.5. The van der Waals surface area contributed by atoms with Crippen molar-refractivity contribution in [1.29, 1.82) is 0 Å². The van der Waals surface area contributed by atoms with Crippen LogP contribution in [0.2, 0.25) is 0 Å². The Balaban J connectivity index is 1.18. The van der Waals surface area contributed by atoms with E-state index in [2.05, 4.69) is 57.4 Å². The van der Waals surface area contributed by atoms with Gasteiger partial charge < -0.3 is 10.2 Å². The Morgan fingerprint density at radius 3 is 2.80 bits per heavy atom. The molecule has 1 aromatic carbocycles. The molecule has 30 heavy (non-hydrogen) atoms. The van der Waals surface area contributed by atoms with Gasteiger partial charge in [-0.3, -0.25) is 9.69 Å². The molecule has 1 saturated heterocycles. The van der Waals surface area contributed by atoms with E-state index in [0.29, 0.717) is 11.7 Å². The SMILES string of the molecule is C[C@@H]1CCc2nc(NC(=O)CSC(=S)N3CCN(Cc4ccccc4)CC3)sc2C1. The van der Waals surface area contributed by atoms with Crippen LogP contribution < -0.4 is 5.32 Å². The number of nitrogens with zero attached hydrogens (tertiary/aromatic N) is 3. The summed E-state index contributed by atoms with van der Waals surface area (Å²) in [5, 5.41) is 3.70. The third-order valence-corrected chi connectivity index (χ3v) is 8.20. The van der Waals surface area contributed by atoms with E-state index in [1.807, 2.05) is 0 Å². The zero-order chi connectivity index (χ0) is 20.9. The van der Waals surface area contributed by atoms with E-state index >= 15 is 0 Å². The Bertz CT molecular complexity index is 878. The van der Waals surface area contributed by atoms with Gasteiger partial charge in [0.05, 0.1) is 11.4 Å². The molecular weight excluding hydrogens is 432 g/mol. The lowest BCUT2D eigenvalue weighted by molar-refractivity contribution is -0.113. The summed E-state index contributed by atoms with van der Waals surface area (Å²) < 4.78 is 0.816. The van der Waals surface area contributed by atoms with Crippen molar-refractivity contribution in [3.8, 4) is 0 Å². The topological polar surface area (TPSA) is 48.5 Å². The summed E-state index contributed by atoms with van der Waals surface area (Å²) in [6, 6.07) is 10.6. The quantitative estimate of drug-likeness (QED) is 0.680. The summed E-state index contributed by atoms with van der Waals surface area (Å²) in [4.78, 5) is 23.0. The molecule has 160 valence electrons. The van der Waals surface area contributed by atoms with Gasteiger partial charge in [0.15, 0.2) is 5.13 Å². The molecule has 0 spiro atoms. The highest BCUT2D eigenvalue weighted by atomic mass is 32.2. The Kier molecular flexibility index (Phi) is 7.41. The van der Waals surface area contributed by atoms with E-state index in [0.717, 1.165) is 55.0 Å². The van der Waals surface area contributed by atoms with Gasteiger partial charge in [0.2, 0.25) is 5.91 Å². The third-order valence-electron chi connectivity index (χ3n) is 5.64. The highest BCUT2D eigenvalue weighted by Crippen LogP contribution is 2.32. The number of aromatic nitrogens is 1. The van der Waals surface area contributed by atoms with Gasteiger partial charge in [-0.1, -0.05) is 61.2 Å². The molecule has 2 heterocycles. The summed E-state index contributed by atoms with van der Waals surface area (Å²) in [5.74, 6) is 1.02. The number of rotatable bonds is 5. The maximum Gasteiger partial charge on any atom is 0.236 e. The molecule has 1 aliphatic carbocycles. The molecule has 1 aliphatic heterocycles. The number of amides is 1. The molecule has 0 bridgehead atoms. The van der Waals surface area contributed by atoms with E-state index in [9.17, 15) is 4.79 Å². The largest absolute Gasteiger partial charge is 0.355 e. The molecule has 1 aromatic heterocycles. The first-order chi connectivity index (χ1) is 14.6. The summed E-state index contributed by atoms with van der Waals surface area (Å²) in [5.41, 5.74) is 2.52. The number of nitrogens with one attached hydrogen (secondary N) is 1. The van der Waals surface area contributed by atoms with Crippen LogP contribution in [0.4, 0.5) is 5.13 Å². The minimum Gasteiger partial charge on any atom is -0.355 e. The van der Waals surface area contributed by atoms with Crippen LogP contribution in [-0.2, 0) is 24.2 Å². The van der Waals surface area contributed by atoms with Gasteiger partial charge in [-0.2, -0.15) is 0 Å². The Morgan fingerprint density at radius 2 is 2.03 bits per heavy atom. The van der Waals surface area contributed by atoms with E-state index < -0.39 is 0 Å². The number of aryl methyl sites for hydroxylation is 1. The molecule has 1 amide bonds. The lowest BCUT2D eigenvalue weighted by Gasteiger charge is -2.35. The van der Waals surface area contributed by atoms with Crippen molar-refractivity contribution in [3.63, 3.8) is 0 Å². The van der Waals surface area contributed by atoms with Crippen molar-refractivity contribution in [1.82, 2.24) is 14.8 Å². The Morgan fingerprint density at radius 1 is 1.27 bits per heavy atom. The van der Waals surface area contributed by atoms with Crippen LogP contribution in [0.5, 0.6) is 0 Å². The van der Waals surface area contributed by atoms with Crippen LogP contribution in [0.3, 0.4) is 0 Å². The standard InChI is InChI=1S/C22H28N4OS3/c1-16-7-8-18-19(13-16)30-21(23-18)24-20(27)15-29-22(28)26-11-9-25(10-12-26)14-17-5-3-2-4-6-17/h2-6,16H,7-15H2,1H3,(H,23,24,27)/t16-/m1/s1. The van der Waals surface area contributed by atoms with Crippen LogP contribution in [0.15, 0.2) is 30.3 Å². The Labute approximate surface area is 192 Å². The third kappa shape index (κ3) is 5.81. The lowest BCUT2D eigenvalue weighted by Crippen LogP contribution is -2.47. The van der Waals surface area contributed by atoms with Gasteiger partial charge in [0, 0.05) is 37.6 Å². The minimum atomic E-state index is -0.0239. The van der Waals surface area contributed by atoms with Gasteiger partial charge >= 0.3 is 0 Å². The molecule has 4 rings (SSSR count). The molecule has 8 heteroatoms. The minimum absolute atomic E-state index is 0.0239. The number of piperazine rings is 1. The molecule has 1 fully saturated rings. The smallest absolute Gasteiger partial charge is 0.236 e. The van der Waals surface area contributed by atoms with Crippen LogP contribution in [0, 0.1) is 5.92 Å². The fourth-order valence-electron chi connectivity index (χ4n) is 3.90. The second-order valence-corrected chi connectivity index (χ2v) is 10.8. The molecule has 0 unspecified atom stereocenters. The monoisotopic (exact) mass is 460 g/mol. The molecule has 2 aromatic rings. The number of carbonyl (C=O) groups is 1. The fraction of sp³-hybridized carbons (Fsp3) is 0.500. The predicted octanol–water partition coefficient (Wildman–Crippen LogP) is 4.04. The van der Waals surface area contributed by atoms with Gasteiger partial charge in [0.1, 0.15) is 4.32 Å². The number of anilines is 1. The van der Waals surface area contributed by atoms with Crippen molar-refractivity contribution in [2.75, 3.05) is 37.2 Å². The van der Waals surface area contributed by atoms with E-state index in [-0.39, 0.29) is 5.91 Å². The molecule has 0 radical (unpaired) electrons. The van der Waals surface area contributed by atoms with Crippen LogP contribution in [0.25, 0.3) is 0 Å². The van der Waals surface area contributed by atoms with Crippen LogP contribution in [0.1, 0.15) is 29.5 Å². The number of thiocarbonyl (C=S) groups is 1. The highest BCUT2D eigenvalue weighted by Gasteiger charge is 2.22. The average Bonchev–Trinajstić information content (AvgIpc) is 3.14. The number of hydrogen-bond donors (Lipinski definition) is 1. The van der Waals surface area contributed by atoms with Gasteiger partial charge in [-0.05, 0) is 30.7 Å². The summed E-state index contributed by atoms with van der Waals surface area (Å²) in [7, 11) is 0. The van der Waals surface area contributed by atoms with Crippen molar-refractivity contribution in [2.45, 2.75) is 32.7 Å². The van der Waals surface area contributed by atoms with E-state index in [4.69, 9.17) is 12.2 Å². The number of thioether (sulfide) groups is 1. The van der Waals surface area contributed by atoms with Crippen molar-refractivity contribution >= 4 is 50.7 Å². The van der Waals surface area contributed by atoms with Crippen molar-refractivity contribution < 1.29 is 4.79 Å². The first kappa shape index (κ1) is 21.7. The molecule has 0 saturated carbocycles. The van der Waals surface area contributed by atoms with Gasteiger partial charge in [0.25, 0.3) is 0 Å². The average molecular weight is 461 g/mol. The molecule has 2 aliphatic rings. The molecule has 1 atom stereocenters. The normalized spacial score (nSPS) is 19.4. The number of benzene rings is 1. The number of fused-ring (bicyclic) bond motifs is 1. The fourth-order valence-corrected chi connectivity index (χ4v) is 6.14. The highest BCUT2D eigenvalue weighted by molar-refractivity contribution is 8.23. The molecule has 1 N–H and O–H groups in total. The van der Waals surface area contributed by atoms with Gasteiger partial charge in [-0.25, -0.2) is 4.98 Å². The Hall–Kier alpha value is -1.48. The predicted molar refractivity (Wildman–Crippen MR) is 130 cm³/mol. The second kappa shape index (κ2) is 10.2. The number of hydrogen-bond acceptors (Lipinski definition) is 6. The van der Waals surface area contributed by atoms with E-state index in [1.165, 1.54) is 34.3 Å². The van der Waals surface area contributed by atoms with Crippen LogP contribution >= 0.6 is 35.3 Å². The van der Waals surface area contributed by atoms with Crippen molar-refractivity contribution in [2.24, 2.45) is 5.92 Å². The summed E-state index contributed by atoms with van der Waals surface area (Å²) >= 11 is 8.67. The zero-order valence-corrected chi connectivity index (χ0v) is 19.8. The molecular formula is C22H28N4OS3. The van der Waals surface area contributed by atoms with Crippen molar-refractivity contribution in [3.05, 3.63) is 46.5 Å². The summed E-state index contributed by atoms with van der Waals surface area (Å²) in [6.07, 6.45) is 3.29. The van der Waals surface area contributed by atoms with Crippen LogP contribution in [-0.4, -0.2) is 56.9 Å². The zero-order valence-electron chi connectivity index (χ0n) is 17.3. The maximum absolute atomic E-state index is 12.4. The second-order valence-electron chi connectivity index (χ2n) is 8.09.